The topological polar surface area (TPSA) is 76.2 Å². The lowest BCUT2D eigenvalue weighted by Gasteiger charge is -2.08. The summed E-state index contributed by atoms with van der Waals surface area (Å²) in [5.74, 6) is 0.185. The van der Waals surface area contributed by atoms with E-state index < -0.39 is 4.92 Å². The molecule has 0 spiro atoms. The van der Waals surface area contributed by atoms with Crippen LogP contribution in [0, 0.1) is 21.4 Å². The number of rotatable bonds is 3. The van der Waals surface area contributed by atoms with Crippen molar-refractivity contribution in [3.63, 3.8) is 0 Å². The van der Waals surface area contributed by atoms with E-state index in [-0.39, 0.29) is 22.2 Å². The van der Waals surface area contributed by atoms with Gasteiger partial charge in [-0.25, -0.2) is 0 Å². The molecule has 0 radical (unpaired) electrons. The molecule has 100 valence electrons. The van der Waals surface area contributed by atoms with E-state index in [0.29, 0.717) is 10.6 Å². The standard InChI is InChI=1S/C13H6Cl2N2O3/c14-9-2-3-11(17(18)19)13(6-9)20-12-4-1-8(7-16)5-10(12)15/h1-6H. The molecule has 0 aliphatic rings. The fraction of sp³-hybridized carbons (Fsp3) is 0. The fourth-order valence-electron chi connectivity index (χ4n) is 1.49. The van der Waals surface area contributed by atoms with Gasteiger partial charge in [-0.2, -0.15) is 5.26 Å². The van der Waals surface area contributed by atoms with Gasteiger partial charge in [0.05, 0.1) is 21.6 Å². The highest BCUT2D eigenvalue weighted by Crippen LogP contribution is 2.36. The number of hydrogen-bond acceptors (Lipinski definition) is 4. The van der Waals surface area contributed by atoms with Crippen molar-refractivity contribution in [2.75, 3.05) is 0 Å². The molecule has 0 aromatic heterocycles. The Hall–Kier alpha value is -2.29. The molecule has 2 aromatic carbocycles. The maximum Gasteiger partial charge on any atom is 0.311 e. The lowest BCUT2D eigenvalue weighted by molar-refractivity contribution is -0.385. The number of nitro benzene ring substituents is 1. The molecule has 2 rings (SSSR count). The van der Waals surface area contributed by atoms with Crippen LogP contribution in [-0.2, 0) is 0 Å². The van der Waals surface area contributed by atoms with E-state index in [1.165, 1.54) is 36.4 Å². The average molecular weight is 309 g/mol. The van der Waals surface area contributed by atoms with E-state index in [2.05, 4.69) is 0 Å². The van der Waals surface area contributed by atoms with E-state index >= 15 is 0 Å². The number of hydrogen-bond donors (Lipinski definition) is 0. The van der Waals surface area contributed by atoms with Gasteiger partial charge in [0.25, 0.3) is 0 Å². The Kier molecular flexibility index (Phi) is 4.08. The van der Waals surface area contributed by atoms with Crippen molar-refractivity contribution in [3.05, 3.63) is 62.1 Å². The summed E-state index contributed by atoms with van der Waals surface area (Å²) in [6.45, 7) is 0. The second-order valence-corrected chi connectivity index (χ2v) is 4.57. The molecule has 5 nitrogen and oxygen atoms in total. The molecule has 0 saturated heterocycles. The van der Waals surface area contributed by atoms with Gasteiger partial charge in [-0.1, -0.05) is 23.2 Å². The van der Waals surface area contributed by atoms with Crippen LogP contribution in [0.25, 0.3) is 0 Å². The van der Waals surface area contributed by atoms with Crippen LogP contribution in [0.4, 0.5) is 5.69 Å². The van der Waals surface area contributed by atoms with Gasteiger partial charge in [0.2, 0.25) is 5.75 Å². The molecule has 0 aliphatic heterocycles. The molecule has 0 unspecified atom stereocenters. The Balaban J connectivity index is 2.42. The molecule has 0 saturated carbocycles. The Morgan fingerprint density at radius 1 is 1.15 bits per heavy atom. The highest BCUT2D eigenvalue weighted by Gasteiger charge is 2.17. The highest BCUT2D eigenvalue weighted by atomic mass is 35.5. The minimum atomic E-state index is -0.580. The molecule has 20 heavy (non-hydrogen) atoms. The number of nitrogens with zero attached hydrogens (tertiary/aromatic N) is 2. The summed E-state index contributed by atoms with van der Waals surface area (Å²) in [4.78, 5) is 10.3. The molecule has 0 bridgehead atoms. The number of halogens is 2. The Morgan fingerprint density at radius 2 is 1.90 bits per heavy atom. The van der Waals surface area contributed by atoms with Crippen LogP contribution in [0.2, 0.25) is 10.0 Å². The number of benzene rings is 2. The highest BCUT2D eigenvalue weighted by molar-refractivity contribution is 6.32. The first-order valence-corrected chi connectivity index (χ1v) is 6.08. The summed E-state index contributed by atoms with van der Waals surface area (Å²) >= 11 is 11.7. The summed E-state index contributed by atoms with van der Waals surface area (Å²) in [6.07, 6.45) is 0. The molecule has 7 heteroatoms. The first kappa shape index (κ1) is 14.1. The van der Waals surface area contributed by atoms with Crippen LogP contribution >= 0.6 is 23.2 Å². The van der Waals surface area contributed by atoms with Crippen molar-refractivity contribution < 1.29 is 9.66 Å². The molecule has 0 amide bonds. The Labute approximate surface area is 124 Å². The lowest BCUT2D eigenvalue weighted by Crippen LogP contribution is -1.94. The third-order valence-electron chi connectivity index (χ3n) is 2.40. The predicted octanol–water partition coefficient (Wildman–Crippen LogP) is 4.57. The third-order valence-corrected chi connectivity index (χ3v) is 2.93. The zero-order valence-corrected chi connectivity index (χ0v) is 11.4. The quantitative estimate of drug-likeness (QED) is 0.615. The van der Waals surface area contributed by atoms with E-state index in [1.54, 1.807) is 0 Å². The summed E-state index contributed by atoms with van der Waals surface area (Å²) < 4.78 is 5.41. The van der Waals surface area contributed by atoms with E-state index in [1.807, 2.05) is 6.07 Å². The van der Waals surface area contributed by atoms with Crippen LogP contribution in [0.5, 0.6) is 11.5 Å². The van der Waals surface area contributed by atoms with Crippen molar-refractivity contribution in [1.29, 1.82) is 5.26 Å². The van der Waals surface area contributed by atoms with Crippen LogP contribution in [0.15, 0.2) is 36.4 Å². The summed E-state index contributed by atoms with van der Waals surface area (Å²) in [5.41, 5.74) is 0.137. The minimum Gasteiger partial charge on any atom is -0.449 e. The number of nitro groups is 1. The van der Waals surface area contributed by atoms with Gasteiger partial charge in [0.1, 0.15) is 5.75 Å². The maximum atomic E-state index is 10.9. The SMILES string of the molecule is N#Cc1ccc(Oc2cc(Cl)ccc2[N+](=O)[O-])c(Cl)c1. The molecule has 0 aliphatic carbocycles. The summed E-state index contributed by atoms with van der Waals surface area (Å²) in [6, 6.07) is 10.3. The summed E-state index contributed by atoms with van der Waals surface area (Å²) in [5, 5.41) is 20.1. The van der Waals surface area contributed by atoms with E-state index in [0.717, 1.165) is 0 Å². The number of nitriles is 1. The lowest BCUT2D eigenvalue weighted by atomic mass is 10.2. The van der Waals surface area contributed by atoms with Crippen molar-refractivity contribution >= 4 is 28.9 Å². The molecule has 0 fully saturated rings. The molecule has 2 aromatic rings. The second-order valence-electron chi connectivity index (χ2n) is 3.73. The first-order valence-electron chi connectivity index (χ1n) is 5.32. The number of ether oxygens (including phenoxy) is 1. The molecule has 0 N–H and O–H groups in total. The molecule has 0 atom stereocenters. The van der Waals surface area contributed by atoms with Gasteiger partial charge >= 0.3 is 5.69 Å². The fourth-order valence-corrected chi connectivity index (χ4v) is 1.87. The van der Waals surface area contributed by atoms with Crippen molar-refractivity contribution in [2.45, 2.75) is 0 Å². The Morgan fingerprint density at radius 3 is 2.50 bits per heavy atom. The molecule has 0 heterocycles. The second kappa shape index (κ2) is 5.78. The predicted molar refractivity (Wildman–Crippen MR) is 74.3 cm³/mol. The van der Waals surface area contributed by atoms with Crippen LogP contribution < -0.4 is 4.74 Å². The average Bonchev–Trinajstić information content (AvgIpc) is 2.40. The minimum absolute atomic E-state index is 0.0193. The normalized spacial score (nSPS) is 9.85. The van der Waals surface area contributed by atoms with Crippen LogP contribution in [0.3, 0.4) is 0 Å². The smallest absolute Gasteiger partial charge is 0.311 e. The van der Waals surface area contributed by atoms with Crippen LogP contribution in [0.1, 0.15) is 5.56 Å². The largest absolute Gasteiger partial charge is 0.449 e. The summed E-state index contributed by atoms with van der Waals surface area (Å²) in [7, 11) is 0. The molecular weight excluding hydrogens is 303 g/mol. The van der Waals surface area contributed by atoms with Gasteiger partial charge in [-0.15, -0.1) is 0 Å². The first-order chi connectivity index (χ1) is 9.51. The van der Waals surface area contributed by atoms with Gasteiger partial charge in [-0.3, -0.25) is 10.1 Å². The van der Waals surface area contributed by atoms with Gasteiger partial charge in [0, 0.05) is 17.2 Å². The zero-order valence-electron chi connectivity index (χ0n) is 9.84. The monoisotopic (exact) mass is 308 g/mol. The Bertz CT molecular complexity index is 726. The van der Waals surface area contributed by atoms with Crippen molar-refractivity contribution in [1.82, 2.24) is 0 Å². The van der Waals surface area contributed by atoms with Crippen LogP contribution in [-0.4, -0.2) is 4.92 Å². The maximum absolute atomic E-state index is 10.9. The van der Waals surface area contributed by atoms with Gasteiger partial charge < -0.3 is 4.74 Å². The van der Waals surface area contributed by atoms with Crippen molar-refractivity contribution in [2.24, 2.45) is 0 Å². The third kappa shape index (κ3) is 2.99. The zero-order chi connectivity index (χ0) is 14.7. The van der Waals surface area contributed by atoms with Gasteiger partial charge in [0.15, 0.2) is 0 Å². The van der Waals surface area contributed by atoms with Gasteiger partial charge in [-0.05, 0) is 24.3 Å². The van der Waals surface area contributed by atoms with E-state index in [4.69, 9.17) is 33.2 Å². The van der Waals surface area contributed by atoms with E-state index in [9.17, 15) is 10.1 Å². The van der Waals surface area contributed by atoms with Crippen molar-refractivity contribution in [3.8, 4) is 17.6 Å². The molecular formula is C13H6Cl2N2O3.